The largest absolute Gasteiger partial charge is 0.467 e. The minimum absolute atomic E-state index is 0.00500. The summed E-state index contributed by atoms with van der Waals surface area (Å²) in [7, 11) is 0. The first-order valence-electron chi connectivity index (χ1n) is 8.23. The van der Waals surface area contributed by atoms with Gasteiger partial charge < -0.3 is 18.8 Å². The van der Waals surface area contributed by atoms with Crippen molar-refractivity contribution in [3.63, 3.8) is 0 Å². The minimum atomic E-state index is -0.693. The second-order valence-electron chi connectivity index (χ2n) is 6.20. The quantitative estimate of drug-likeness (QED) is 0.934. The molecule has 2 aromatic rings. The van der Waals surface area contributed by atoms with Crippen molar-refractivity contribution in [2.75, 3.05) is 6.54 Å². The van der Waals surface area contributed by atoms with Crippen molar-refractivity contribution in [2.45, 2.75) is 51.2 Å². The molecule has 23 heavy (non-hydrogen) atoms. The predicted molar refractivity (Wildman–Crippen MR) is 85.0 cm³/mol. The van der Waals surface area contributed by atoms with E-state index in [9.17, 15) is 9.90 Å². The lowest BCUT2D eigenvalue weighted by Crippen LogP contribution is -2.41. The van der Waals surface area contributed by atoms with Crippen LogP contribution in [0.25, 0.3) is 0 Å². The average Bonchev–Trinajstić information content (AvgIpc) is 3.16. The second-order valence-corrected chi connectivity index (χ2v) is 6.20. The van der Waals surface area contributed by atoms with Crippen molar-refractivity contribution in [2.24, 2.45) is 0 Å². The van der Waals surface area contributed by atoms with Gasteiger partial charge in [0.2, 0.25) is 0 Å². The lowest BCUT2D eigenvalue weighted by Gasteiger charge is -2.30. The van der Waals surface area contributed by atoms with Gasteiger partial charge in [0, 0.05) is 24.6 Å². The summed E-state index contributed by atoms with van der Waals surface area (Å²) in [5.74, 6) is 0.881. The van der Waals surface area contributed by atoms with Gasteiger partial charge in [-0.2, -0.15) is 0 Å². The summed E-state index contributed by atoms with van der Waals surface area (Å²) < 4.78 is 10.7. The van der Waals surface area contributed by atoms with Gasteiger partial charge in [-0.1, -0.05) is 12.8 Å². The van der Waals surface area contributed by atoms with Crippen LogP contribution in [-0.2, 0) is 0 Å². The topological polar surface area (TPSA) is 66.8 Å². The number of aryl methyl sites for hydroxylation is 1. The van der Waals surface area contributed by atoms with E-state index in [1.54, 1.807) is 30.7 Å². The number of carbonyl (C=O) groups excluding carboxylic acids is 1. The van der Waals surface area contributed by atoms with Crippen LogP contribution in [0.4, 0.5) is 0 Å². The fourth-order valence-corrected chi connectivity index (χ4v) is 3.27. The molecule has 5 nitrogen and oxygen atoms in total. The van der Waals surface area contributed by atoms with E-state index in [0.29, 0.717) is 24.5 Å². The van der Waals surface area contributed by atoms with Crippen LogP contribution < -0.4 is 0 Å². The molecule has 0 aliphatic carbocycles. The van der Waals surface area contributed by atoms with E-state index in [1.807, 2.05) is 11.8 Å². The third kappa shape index (κ3) is 3.50. The summed E-state index contributed by atoms with van der Waals surface area (Å²) in [6, 6.07) is 5.33. The Morgan fingerprint density at radius 1 is 1.30 bits per heavy atom. The van der Waals surface area contributed by atoms with Crippen LogP contribution in [0.1, 0.15) is 60.1 Å². The summed E-state index contributed by atoms with van der Waals surface area (Å²) in [4.78, 5) is 14.7. The Labute approximate surface area is 135 Å². The predicted octanol–water partition coefficient (Wildman–Crippen LogP) is 3.69. The number of rotatable bonds is 4. The van der Waals surface area contributed by atoms with Crippen molar-refractivity contribution in [1.82, 2.24) is 4.90 Å². The molecule has 1 amide bonds. The van der Waals surface area contributed by atoms with Gasteiger partial charge in [-0.3, -0.25) is 4.79 Å². The highest BCUT2D eigenvalue weighted by molar-refractivity contribution is 5.93. The molecule has 0 radical (unpaired) electrons. The van der Waals surface area contributed by atoms with E-state index in [1.165, 1.54) is 0 Å². The molecule has 3 heterocycles. The van der Waals surface area contributed by atoms with E-state index < -0.39 is 6.10 Å². The molecule has 0 unspecified atom stereocenters. The standard InChI is InChI=1S/C18H23NO4/c1-13-8-11-23-17(13)18(21)19-9-4-2-3-6-14(19)12-15(20)16-7-5-10-22-16/h5,7-8,10-11,14-15,20H,2-4,6,9,12H2,1H3/t14-,15-/m1/s1. The minimum Gasteiger partial charge on any atom is -0.467 e. The molecule has 1 aliphatic rings. The molecule has 3 rings (SSSR count). The van der Waals surface area contributed by atoms with Gasteiger partial charge in [-0.25, -0.2) is 0 Å². The first kappa shape index (κ1) is 15.9. The lowest BCUT2D eigenvalue weighted by molar-refractivity contribution is 0.0528. The summed E-state index contributed by atoms with van der Waals surface area (Å²) in [5, 5.41) is 10.4. The van der Waals surface area contributed by atoms with Crippen LogP contribution in [0, 0.1) is 6.92 Å². The summed E-state index contributed by atoms with van der Waals surface area (Å²) in [5.41, 5.74) is 0.851. The van der Waals surface area contributed by atoms with E-state index in [0.717, 1.165) is 31.2 Å². The van der Waals surface area contributed by atoms with Crippen molar-refractivity contribution >= 4 is 5.91 Å². The van der Waals surface area contributed by atoms with Crippen LogP contribution in [0.2, 0.25) is 0 Å². The Kier molecular flexibility index (Phi) is 4.86. The first-order chi connectivity index (χ1) is 11.2. The Hall–Kier alpha value is -2.01. The molecule has 1 aliphatic heterocycles. The number of likely N-dealkylation sites (tertiary alicyclic amines) is 1. The molecule has 0 spiro atoms. The first-order valence-corrected chi connectivity index (χ1v) is 8.23. The fourth-order valence-electron chi connectivity index (χ4n) is 3.27. The average molecular weight is 317 g/mol. The van der Waals surface area contributed by atoms with Crippen LogP contribution in [0.5, 0.6) is 0 Å². The van der Waals surface area contributed by atoms with Crippen molar-refractivity contribution in [1.29, 1.82) is 0 Å². The fraction of sp³-hybridized carbons (Fsp3) is 0.500. The highest BCUT2D eigenvalue weighted by Crippen LogP contribution is 2.28. The molecular weight excluding hydrogens is 294 g/mol. The molecule has 0 bridgehead atoms. The smallest absolute Gasteiger partial charge is 0.290 e. The Morgan fingerprint density at radius 3 is 2.87 bits per heavy atom. The monoisotopic (exact) mass is 317 g/mol. The Balaban J connectivity index is 1.77. The number of carbonyl (C=O) groups is 1. The van der Waals surface area contributed by atoms with Gasteiger partial charge in [0.25, 0.3) is 5.91 Å². The molecular formula is C18H23NO4. The van der Waals surface area contributed by atoms with Crippen LogP contribution in [0.3, 0.4) is 0 Å². The van der Waals surface area contributed by atoms with E-state index in [-0.39, 0.29) is 11.9 Å². The van der Waals surface area contributed by atoms with Gasteiger partial charge in [0.15, 0.2) is 5.76 Å². The Bertz CT molecular complexity index is 631. The highest BCUT2D eigenvalue weighted by Gasteiger charge is 2.31. The van der Waals surface area contributed by atoms with Crippen LogP contribution in [0.15, 0.2) is 39.6 Å². The summed E-state index contributed by atoms with van der Waals surface area (Å²) in [6.07, 6.45) is 6.95. The van der Waals surface area contributed by atoms with E-state index in [2.05, 4.69) is 0 Å². The van der Waals surface area contributed by atoms with E-state index >= 15 is 0 Å². The van der Waals surface area contributed by atoms with Crippen LogP contribution in [-0.4, -0.2) is 28.5 Å². The molecule has 1 fully saturated rings. The zero-order valence-electron chi connectivity index (χ0n) is 13.4. The van der Waals surface area contributed by atoms with Crippen LogP contribution >= 0.6 is 0 Å². The number of aliphatic hydroxyl groups is 1. The number of amides is 1. The molecule has 2 atom stereocenters. The normalized spacial score (nSPS) is 20.3. The molecule has 1 saturated heterocycles. The summed E-state index contributed by atoms with van der Waals surface area (Å²) in [6.45, 7) is 2.58. The number of nitrogens with zero attached hydrogens (tertiary/aromatic N) is 1. The maximum absolute atomic E-state index is 12.8. The number of aliphatic hydroxyl groups excluding tert-OH is 1. The second kappa shape index (κ2) is 7.04. The maximum atomic E-state index is 12.8. The van der Waals surface area contributed by atoms with Gasteiger partial charge >= 0.3 is 0 Å². The zero-order chi connectivity index (χ0) is 16.2. The number of hydrogen-bond acceptors (Lipinski definition) is 4. The third-order valence-electron chi connectivity index (χ3n) is 4.56. The van der Waals surface area contributed by atoms with Gasteiger partial charge in [-0.15, -0.1) is 0 Å². The number of hydrogen-bond donors (Lipinski definition) is 1. The third-order valence-corrected chi connectivity index (χ3v) is 4.56. The molecule has 124 valence electrons. The molecule has 5 heteroatoms. The lowest BCUT2D eigenvalue weighted by atomic mass is 10.0. The van der Waals surface area contributed by atoms with Crippen molar-refractivity contribution in [3.05, 3.63) is 47.8 Å². The SMILES string of the molecule is Cc1ccoc1C(=O)N1CCCCC[C@@H]1C[C@@H](O)c1ccco1. The van der Waals surface area contributed by atoms with Crippen molar-refractivity contribution in [3.8, 4) is 0 Å². The number of furan rings is 2. The van der Waals surface area contributed by atoms with E-state index in [4.69, 9.17) is 8.83 Å². The van der Waals surface area contributed by atoms with Gasteiger partial charge in [0.1, 0.15) is 11.9 Å². The maximum Gasteiger partial charge on any atom is 0.290 e. The molecule has 0 saturated carbocycles. The highest BCUT2D eigenvalue weighted by atomic mass is 16.4. The molecule has 2 aromatic heterocycles. The van der Waals surface area contributed by atoms with Gasteiger partial charge in [0.05, 0.1) is 12.5 Å². The zero-order valence-corrected chi connectivity index (χ0v) is 13.4. The summed E-state index contributed by atoms with van der Waals surface area (Å²) >= 11 is 0. The van der Waals surface area contributed by atoms with Gasteiger partial charge in [-0.05, 0) is 38.0 Å². The van der Waals surface area contributed by atoms with Crippen molar-refractivity contribution < 1.29 is 18.7 Å². The molecule has 1 N–H and O–H groups in total. The Morgan fingerprint density at radius 2 is 2.17 bits per heavy atom. The molecule has 0 aromatic carbocycles.